The Kier molecular flexibility index (Phi) is 4.02. The number of nitrogens with one attached hydrogen (secondary N) is 1. The molecule has 1 aliphatic rings. The van der Waals surface area contributed by atoms with Crippen molar-refractivity contribution in [1.29, 1.82) is 0 Å². The van der Waals surface area contributed by atoms with Crippen molar-refractivity contribution in [3.63, 3.8) is 0 Å². The molecule has 1 saturated heterocycles. The van der Waals surface area contributed by atoms with Crippen molar-refractivity contribution in [3.8, 4) is 17.2 Å². The Bertz CT molecular complexity index is 366. The Morgan fingerprint density at radius 2 is 1.76 bits per heavy atom. The molecule has 1 aromatic rings. The summed E-state index contributed by atoms with van der Waals surface area (Å²) in [6, 6.07) is 3.77. The highest BCUT2D eigenvalue weighted by molar-refractivity contribution is 7.99. The van der Waals surface area contributed by atoms with Crippen molar-refractivity contribution in [2.75, 3.05) is 33.6 Å². The maximum atomic E-state index is 5.43. The second-order valence-corrected chi connectivity index (χ2v) is 4.86. The van der Waals surface area contributed by atoms with Gasteiger partial charge in [0.05, 0.1) is 32.3 Å². The Balaban J connectivity index is 2.45. The van der Waals surface area contributed by atoms with Crippen LogP contribution in [-0.4, -0.2) is 33.6 Å². The smallest absolute Gasteiger partial charge is 0.131 e. The molecule has 0 aliphatic carbocycles. The molecular weight excluding hydrogens is 238 g/mol. The fraction of sp³-hybridized carbons (Fsp3) is 0.500. The lowest BCUT2D eigenvalue weighted by atomic mass is 10.1. The number of thioether (sulfide) groups is 1. The average molecular weight is 255 g/mol. The minimum atomic E-state index is 0.228. The Morgan fingerprint density at radius 3 is 2.18 bits per heavy atom. The molecule has 1 N–H and O–H groups in total. The van der Waals surface area contributed by atoms with Crippen LogP contribution in [0, 0.1) is 0 Å². The first-order chi connectivity index (χ1) is 8.30. The minimum absolute atomic E-state index is 0.228. The Labute approximate surface area is 106 Å². The van der Waals surface area contributed by atoms with Gasteiger partial charge in [0.2, 0.25) is 0 Å². The Hall–Kier alpha value is -1.07. The van der Waals surface area contributed by atoms with Gasteiger partial charge in [-0.1, -0.05) is 0 Å². The van der Waals surface area contributed by atoms with Crippen LogP contribution in [0.5, 0.6) is 17.2 Å². The van der Waals surface area contributed by atoms with Gasteiger partial charge in [0.1, 0.15) is 17.2 Å². The first-order valence-electron chi connectivity index (χ1n) is 5.45. The van der Waals surface area contributed by atoms with Gasteiger partial charge in [0, 0.05) is 24.4 Å². The molecule has 0 amide bonds. The average Bonchev–Trinajstić information content (AvgIpc) is 2.90. The lowest BCUT2D eigenvalue weighted by Gasteiger charge is -2.19. The SMILES string of the molecule is COc1cc(OC)c(C2NCCS2)c(OC)c1. The van der Waals surface area contributed by atoms with Crippen LogP contribution in [0.15, 0.2) is 12.1 Å². The molecule has 0 spiro atoms. The van der Waals surface area contributed by atoms with Crippen molar-refractivity contribution in [1.82, 2.24) is 5.32 Å². The molecule has 0 bridgehead atoms. The van der Waals surface area contributed by atoms with Gasteiger partial charge in [-0.25, -0.2) is 0 Å². The molecule has 5 heteroatoms. The molecule has 17 heavy (non-hydrogen) atoms. The standard InChI is InChI=1S/C12H17NO3S/c1-14-8-6-9(15-2)11(10(7-8)16-3)12-13-4-5-17-12/h6-7,12-13H,4-5H2,1-3H3. The lowest BCUT2D eigenvalue weighted by molar-refractivity contribution is 0.367. The lowest BCUT2D eigenvalue weighted by Crippen LogP contribution is -2.14. The highest BCUT2D eigenvalue weighted by Gasteiger charge is 2.25. The summed E-state index contributed by atoms with van der Waals surface area (Å²) < 4.78 is 16.1. The van der Waals surface area contributed by atoms with E-state index in [1.165, 1.54) is 0 Å². The van der Waals surface area contributed by atoms with Crippen LogP contribution in [0.25, 0.3) is 0 Å². The third kappa shape index (κ3) is 2.45. The normalized spacial score (nSPS) is 19.1. The van der Waals surface area contributed by atoms with Gasteiger partial charge in [-0.05, 0) is 0 Å². The van der Waals surface area contributed by atoms with Crippen molar-refractivity contribution in [2.45, 2.75) is 5.37 Å². The van der Waals surface area contributed by atoms with Crippen LogP contribution in [0.1, 0.15) is 10.9 Å². The monoisotopic (exact) mass is 255 g/mol. The zero-order valence-corrected chi connectivity index (χ0v) is 11.1. The molecule has 1 aliphatic heterocycles. The van der Waals surface area contributed by atoms with Gasteiger partial charge in [-0.15, -0.1) is 11.8 Å². The number of hydrogen-bond acceptors (Lipinski definition) is 5. The van der Waals surface area contributed by atoms with E-state index in [2.05, 4.69) is 5.32 Å². The molecular formula is C12H17NO3S. The van der Waals surface area contributed by atoms with Gasteiger partial charge in [0.15, 0.2) is 0 Å². The van der Waals surface area contributed by atoms with Crippen LogP contribution < -0.4 is 19.5 Å². The fourth-order valence-corrected chi connectivity index (χ4v) is 3.01. The van der Waals surface area contributed by atoms with Gasteiger partial charge < -0.3 is 19.5 Å². The molecule has 2 rings (SSSR count). The first-order valence-corrected chi connectivity index (χ1v) is 6.50. The van der Waals surface area contributed by atoms with E-state index in [-0.39, 0.29) is 5.37 Å². The summed E-state index contributed by atoms with van der Waals surface area (Å²) in [5.74, 6) is 3.44. The van der Waals surface area contributed by atoms with Gasteiger partial charge in [0.25, 0.3) is 0 Å². The summed E-state index contributed by atoms with van der Waals surface area (Å²) in [5.41, 5.74) is 1.05. The highest BCUT2D eigenvalue weighted by Crippen LogP contribution is 2.43. The molecule has 1 atom stereocenters. The maximum absolute atomic E-state index is 5.43. The Morgan fingerprint density at radius 1 is 1.12 bits per heavy atom. The van der Waals surface area contributed by atoms with Crippen molar-refractivity contribution in [3.05, 3.63) is 17.7 Å². The predicted octanol–water partition coefficient (Wildman–Crippen LogP) is 2.05. The molecule has 1 aromatic carbocycles. The second kappa shape index (κ2) is 5.51. The van der Waals surface area contributed by atoms with Crippen LogP contribution in [0.4, 0.5) is 0 Å². The van der Waals surface area contributed by atoms with E-state index in [1.54, 1.807) is 21.3 Å². The summed E-state index contributed by atoms with van der Waals surface area (Å²) in [5, 5.41) is 3.65. The summed E-state index contributed by atoms with van der Waals surface area (Å²) in [6.07, 6.45) is 0. The highest BCUT2D eigenvalue weighted by atomic mass is 32.2. The number of ether oxygens (including phenoxy) is 3. The maximum Gasteiger partial charge on any atom is 0.131 e. The summed E-state index contributed by atoms with van der Waals surface area (Å²) in [6.45, 7) is 1.01. The number of hydrogen-bond donors (Lipinski definition) is 1. The molecule has 4 nitrogen and oxygen atoms in total. The van der Waals surface area contributed by atoms with Crippen LogP contribution in [0.3, 0.4) is 0 Å². The summed E-state index contributed by atoms with van der Waals surface area (Å²) >= 11 is 1.86. The molecule has 0 saturated carbocycles. The zero-order chi connectivity index (χ0) is 12.3. The molecule has 1 heterocycles. The minimum Gasteiger partial charge on any atom is -0.496 e. The van der Waals surface area contributed by atoms with E-state index >= 15 is 0 Å². The van der Waals surface area contributed by atoms with Gasteiger partial charge >= 0.3 is 0 Å². The largest absolute Gasteiger partial charge is 0.496 e. The predicted molar refractivity (Wildman–Crippen MR) is 69.3 cm³/mol. The zero-order valence-electron chi connectivity index (χ0n) is 10.3. The van der Waals surface area contributed by atoms with Gasteiger partial charge in [-0.2, -0.15) is 0 Å². The van der Waals surface area contributed by atoms with E-state index in [0.29, 0.717) is 0 Å². The summed E-state index contributed by atoms with van der Waals surface area (Å²) in [4.78, 5) is 0. The molecule has 94 valence electrons. The third-order valence-electron chi connectivity index (χ3n) is 2.73. The quantitative estimate of drug-likeness (QED) is 0.891. The van der Waals surface area contributed by atoms with Crippen molar-refractivity contribution < 1.29 is 14.2 Å². The molecule has 0 aromatic heterocycles. The van der Waals surface area contributed by atoms with Crippen molar-refractivity contribution >= 4 is 11.8 Å². The van der Waals surface area contributed by atoms with Crippen LogP contribution in [-0.2, 0) is 0 Å². The molecule has 1 unspecified atom stereocenters. The second-order valence-electron chi connectivity index (χ2n) is 3.65. The topological polar surface area (TPSA) is 39.7 Å². The van der Waals surface area contributed by atoms with E-state index in [4.69, 9.17) is 14.2 Å². The van der Waals surface area contributed by atoms with Gasteiger partial charge in [-0.3, -0.25) is 0 Å². The van der Waals surface area contributed by atoms with Crippen LogP contribution in [0.2, 0.25) is 0 Å². The first kappa shape index (κ1) is 12.4. The molecule has 1 fully saturated rings. The van der Waals surface area contributed by atoms with Crippen molar-refractivity contribution in [2.24, 2.45) is 0 Å². The van der Waals surface area contributed by atoms with E-state index in [9.17, 15) is 0 Å². The number of methoxy groups -OCH3 is 3. The number of benzene rings is 1. The fourth-order valence-electron chi connectivity index (χ4n) is 1.90. The molecule has 0 radical (unpaired) electrons. The number of rotatable bonds is 4. The van der Waals surface area contributed by atoms with E-state index in [1.807, 2.05) is 23.9 Å². The van der Waals surface area contributed by atoms with Crippen LogP contribution >= 0.6 is 11.8 Å². The summed E-state index contributed by atoms with van der Waals surface area (Å²) in [7, 11) is 4.96. The third-order valence-corrected chi connectivity index (χ3v) is 3.91. The van der Waals surface area contributed by atoms with E-state index < -0.39 is 0 Å². The van der Waals surface area contributed by atoms with E-state index in [0.717, 1.165) is 35.1 Å².